The molecule has 3 aromatic rings. The van der Waals surface area contributed by atoms with Crippen molar-refractivity contribution in [1.29, 1.82) is 0 Å². The number of ether oxygens (including phenoxy) is 1. The second-order valence-electron chi connectivity index (χ2n) is 6.57. The lowest BCUT2D eigenvalue weighted by Gasteiger charge is -2.11. The fourth-order valence-corrected chi connectivity index (χ4v) is 2.55. The number of amides is 2. The van der Waals surface area contributed by atoms with Gasteiger partial charge < -0.3 is 15.0 Å². The number of para-hydroxylation sites is 1. The van der Waals surface area contributed by atoms with Crippen LogP contribution in [0.2, 0.25) is 0 Å². The summed E-state index contributed by atoms with van der Waals surface area (Å²) in [5, 5.41) is 10.7. The van der Waals surface area contributed by atoms with Crippen molar-refractivity contribution in [3.8, 4) is 0 Å². The summed E-state index contributed by atoms with van der Waals surface area (Å²) >= 11 is 0. The number of carbonyl (C=O) groups excluding carboxylic acids is 3. The van der Waals surface area contributed by atoms with E-state index in [0.29, 0.717) is 12.1 Å². The van der Waals surface area contributed by atoms with Crippen molar-refractivity contribution in [2.24, 2.45) is 0 Å². The van der Waals surface area contributed by atoms with Crippen LogP contribution in [0.25, 0.3) is 11.0 Å². The van der Waals surface area contributed by atoms with Gasteiger partial charge in [0, 0.05) is 14.1 Å². The zero-order valence-corrected chi connectivity index (χ0v) is 16.2. The van der Waals surface area contributed by atoms with Crippen molar-refractivity contribution < 1.29 is 19.1 Å². The summed E-state index contributed by atoms with van der Waals surface area (Å²) in [4.78, 5) is 36.5. The van der Waals surface area contributed by atoms with E-state index in [-0.39, 0.29) is 12.5 Å². The molecule has 0 spiro atoms. The largest absolute Gasteiger partial charge is 0.452 e. The Kier molecular flexibility index (Phi) is 6.18. The number of carbonyl (C=O) groups is 3. The Morgan fingerprint density at radius 1 is 1.07 bits per heavy atom. The maximum atomic E-state index is 12.1. The van der Waals surface area contributed by atoms with Crippen LogP contribution in [0.1, 0.15) is 15.9 Å². The molecule has 2 aromatic carbocycles. The van der Waals surface area contributed by atoms with Gasteiger partial charge in [-0.25, -0.2) is 9.48 Å². The van der Waals surface area contributed by atoms with Crippen LogP contribution in [0.4, 0.5) is 0 Å². The standard InChI is InChI=1S/C20H21N5O4/c1-24(2)19(27)11-21-18(26)13-29-20(28)15-9-7-14(8-10-15)12-25-17-6-4-3-5-16(17)22-23-25/h3-10H,11-13H2,1-2H3,(H,21,26). The van der Waals surface area contributed by atoms with E-state index in [1.807, 2.05) is 24.3 Å². The molecule has 0 saturated heterocycles. The Morgan fingerprint density at radius 2 is 1.79 bits per heavy atom. The SMILES string of the molecule is CN(C)C(=O)CNC(=O)COC(=O)c1ccc(Cn2nnc3ccccc32)cc1. The highest BCUT2D eigenvalue weighted by Gasteiger charge is 2.12. The third-order valence-corrected chi connectivity index (χ3v) is 4.21. The van der Waals surface area contributed by atoms with Gasteiger partial charge in [-0.2, -0.15) is 0 Å². The monoisotopic (exact) mass is 395 g/mol. The third kappa shape index (κ3) is 5.16. The maximum absolute atomic E-state index is 12.1. The second kappa shape index (κ2) is 8.96. The van der Waals surface area contributed by atoms with E-state index in [4.69, 9.17) is 4.74 Å². The molecule has 9 nitrogen and oxygen atoms in total. The van der Waals surface area contributed by atoms with E-state index < -0.39 is 18.5 Å². The zero-order valence-electron chi connectivity index (χ0n) is 16.2. The molecule has 0 bridgehead atoms. The summed E-state index contributed by atoms with van der Waals surface area (Å²) in [7, 11) is 3.17. The number of likely N-dealkylation sites (N-methyl/N-ethyl adjacent to an activating group) is 1. The summed E-state index contributed by atoms with van der Waals surface area (Å²) in [6.45, 7) is -0.0839. The summed E-state index contributed by atoms with van der Waals surface area (Å²) in [6, 6.07) is 14.5. The molecule has 0 aliphatic rings. The minimum atomic E-state index is -0.614. The van der Waals surface area contributed by atoms with E-state index in [9.17, 15) is 14.4 Å². The number of aromatic nitrogens is 3. The smallest absolute Gasteiger partial charge is 0.338 e. The summed E-state index contributed by atoms with van der Waals surface area (Å²) < 4.78 is 6.76. The minimum Gasteiger partial charge on any atom is -0.452 e. The first-order chi connectivity index (χ1) is 13.9. The molecule has 3 rings (SSSR count). The Balaban J connectivity index is 1.52. The van der Waals surface area contributed by atoms with Gasteiger partial charge in [0.25, 0.3) is 5.91 Å². The van der Waals surface area contributed by atoms with Crippen molar-refractivity contribution in [2.45, 2.75) is 6.54 Å². The molecule has 0 atom stereocenters. The van der Waals surface area contributed by atoms with Crippen LogP contribution in [-0.2, 0) is 20.9 Å². The second-order valence-corrected chi connectivity index (χ2v) is 6.57. The van der Waals surface area contributed by atoms with E-state index in [0.717, 1.165) is 16.6 Å². The number of benzene rings is 2. The van der Waals surface area contributed by atoms with Gasteiger partial charge >= 0.3 is 5.97 Å². The molecule has 9 heteroatoms. The Hall–Kier alpha value is -3.75. The third-order valence-electron chi connectivity index (χ3n) is 4.21. The van der Waals surface area contributed by atoms with Gasteiger partial charge in [-0.15, -0.1) is 5.10 Å². The lowest BCUT2D eigenvalue weighted by molar-refractivity contribution is -0.131. The molecule has 0 saturated carbocycles. The molecular weight excluding hydrogens is 374 g/mol. The van der Waals surface area contributed by atoms with Crippen LogP contribution < -0.4 is 5.32 Å². The number of hydrogen-bond donors (Lipinski definition) is 1. The normalized spacial score (nSPS) is 10.6. The highest BCUT2D eigenvalue weighted by Crippen LogP contribution is 2.13. The Morgan fingerprint density at radius 3 is 2.52 bits per heavy atom. The number of rotatable bonds is 7. The number of esters is 1. The molecule has 0 fully saturated rings. The van der Waals surface area contributed by atoms with Crippen molar-refractivity contribution in [2.75, 3.05) is 27.2 Å². The molecule has 0 aliphatic carbocycles. The summed E-state index contributed by atoms with van der Waals surface area (Å²) in [5.74, 6) is -1.40. The number of hydrogen-bond acceptors (Lipinski definition) is 6. The van der Waals surface area contributed by atoms with Gasteiger partial charge in [0.2, 0.25) is 5.91 Å². The van der Waals surface area contributed by atoms with Gasteiger partial charge in [0.15, 0.2) is 6.61 Å². The van der Waals surface area contributed by atoms with E-state index in [1.54, 1.807) is 43.0 Å². The molecule has 1 heterocycles. The van der Waals surface area contributed by atoms with E-state index in [1.165, 1.54) is 4.90 Å². The topological polar surface area (TPSA) is 106 Å². The first-order valence-corrected chi connectivity index (χ1v) is 8.95. The highest BCUT2D eigenvalue weighted by molar-refractivity contribution is 5.92. The molecule has 0 aliphatic heterocycles. The van der Waals surface area contributed by atoms with Crippen molar-refractivity contribution in [3.05, 3.63) is 59.7 Å². The molecule has 1 aromatic heterocycles. The molecular formula is C20H21N5O4. The first-order valence-electron chi connectivity index (χ1n) is 8.95. The lowest BCUT2D eigenvalue weighted by Crippen LogP contribution is -2.38. The molecule has 0 unspecified atom stereocenters. The maximum Gasteiger partial charge on any atom is 0.338 e. The predicted molar refractivity (Wildman–Crippen MR) is 105 cm³/mol. The first kappa shape index (κ1) is 20.0. The fourth-order valence-electron chi connectivity index (χ4n) is 2.55. The Bertz CT molecular complexity index is 1030. The van der Waals surface area contributed by atoms with Crippen LogP contribution in [0, 0.1) is 0 Å². The molecule has 150 valence electrons. The lowest BCUT2D eigenvalue weighted by atomic mass is 10.1. The van der Waals surface area contributed by atoms with Gasteiger partial charge in [0.1, 0.15) is 5.52 Å². The number of fused-ring (bicyclic) bond motifs is 1. The minimum absolute atomic E-state index is 0.144. The van der Waals surface area contributed by atoms with E-state index >= 15 is 0 Å². The van der Waals surface area contributed by atoms with Crippen LogP contribution in [0.3, 0.4) is 0 Å². The average molecular weight is 395 g/mol. The van der Waals surface area contributed by atoms with Crippen LogP contribution in [0.5, 0.6) is 0 Å². The number of nitrogens with one attached hydrogen (secondary N) is 1. The highest BCUT2D eigenvalue weighted by atomic mass is 16.5. The predicted octanol–water partition coefficient (Wildman–Crippen LogP) is 0.841. The van der Waals surface area contributed by atoms with Gasteiger partial charge in [-0.05, 0) is 29.8 Å². The molecule has 29 heavy (non-hydrogen) atoms. The Labute approximate surface area is 167 Å². The van der Waals surface area contributed by atoms with Gasteiger partial charge in [-0.3, -0.25) is 9.59 Å². The van der Waals surface area contributed by atoms with Crippen LogP contribution >= 0.6 is 0 Å². The van der Waals surface area contributed by atoms with Gasteiger partial charge in [0.05, 0.1) is 24.2 Å². The zero-order chi connectivity index (χ0) is 20.8. The van der Waals surface area contributed by atoms with Crippen LogP contribution in [0.15, 0.2) is 48.5 Å². The summed E-state index contributed by atoms with van der Waals surface area (Å²) in [5.41, 5.74) is 3.01. The van der Waals surface area contributed by atoms with Crippen molar-refractivity contribution in [3.63, 3.8) is 0 Å². The molecule has 0 radical (unpaired) electrons. The van der Waals surface area contributed by atoms with Gasteiger partial charge in [-0.1, -0.05) is 29.5 Å². The summed E-state index contributed by atoms with van der Waals surface area (Å²) in [6.07, 6.45) is 0. The fraction of sp³-hybridized carbons (Fsp3) is 0.250. The van der Waals surface area contributed by atoms with E-state index in [2.05, 4.69) is 15.6 Å². The molecule has 1 N–H and O–H groups in total. The average Bonchev–Trinajstić information content (AvgIpc) is 3.13. The van der Waals surface area contributed by atoms with Crippen molar-refractivity contribution in [1.82, 2.24) is 25.2 Å². The van der Waals surface area contributed by atoms with Crippen molar-refractivity contribution >= 4 is 28.8 Å². The molecule has 2 amide bonds. The quantitative estimate of drug-likeness (QED) is 0.594. The number of nitrogens with zero attached hydrogens (tertiary/aromatic N) is 4. The van der Waals surface area contributed by atoms with Crippen LogP contribution in [-0.4, -0.2) is 64.9 Å².